The molecule has 1 unspecified atom stereocenters. The van der Waals surface area contributed by atoms with Crippen molar-refractivity contribution < 1.29 is 13.5 Å². The molecule has 3 aromatic rings. The zero-order chi connectivity index (χ0) is 25.1. The van der Waals surface area contributed by atoms with Crippen molar-refractivity contribution in [1.29, 1.82) is 10.5 Å². The lowest BCUT2D eigenvalue weighted by Gasteiger charge is -2.22. The fraction of sp³-hybridized carbons (Fsp3) is 0.370. The molecule has 7 nitrogen and oxygen atoms in total. The summed E-state index contributed by atoms with van der Waals surface area (Å²) in [5.41, 5.74) is 1.10. The van der Waals surface area contributed by atoms with Gasteiger partial charge in [0.05, 0.1) is 29.3 Å². The molecule has 182 valence electrons. The summed E-state index contributed by atoms with van der Waals surface area (Å²) in [4.78, 5) is 12.9. The number of ether oxygens (including phenoxy) is 1. The molecule has 2 heterocycles. The highest BCUT2D eigenvalue weighted by Gasteiger charge is 2.43. The Morgan fingerprint density at radius 3 is 2.72 bits per heavy atom. The number of rotatable bonds is 8. The number of hydrogen-bond donors (Lipinski definition) is 0. The van der Waals surface area contributed by atoms with Gasteiger partial charge in [0, 0.05) is 30.9 Å². The van der Waals surface area contributed by atoms with Crippen molar-refractivity contribution in [1.82, 2.24) is 19.5 Å². The molecular formula is C27H24F2N6O. The van der Waals surface area contributed by atoms with E-state index >= 15 is 0 Å². The molecule has 5 rings (SSSR count). The Morgan fingerprint density at radius 1 is 1.17 bits per heavy atom. The number of benzene rings is 1. The number of nitrogens with zero attached hydrogens (tertiary/aromatic N) is 6. The summed E-state index contributed by atoms with van der Waals surface area (Å²) in [6.07, 6.45) is 12.1. The molecule has 1 saturated carbocycles. The molecule has 0 spiro atoms. The number of hydrogen-bond acceptors (Lipinski definition) is 6. The van der Waals surface area contributed by atoms with Crippen LogP contribution in [0.2, 0.25) is 0 Å². The largest absolute Gasteiger partial charge is 0.471 e. The van der Waals surface area contributed by atoms with Gasteiger partial charge in [-0.1, -0.05) is 12.1 Å². The number of allylic oxidation sites excluding steroid dienone is 2. The Bertz CT molecular complexity index is 1400. The fourth-order valence-corrected chi connectivity index (χ4v) is 4.48. The van der Waals surface area contributed by atoms with Crippen LogP contribution in [-0.4, -0.2) is 19.5 Å². The molecule has 0 radical (unpaired) electrons. The second kappa shape index (κ2) is 9.87. The minimum atomic E-state index is -0.722. The first-order chi connectivity index (χ1) is 17.5. The molecule has 0 amide bonds. The Hall–Kier alpha value is -4.11. The van der Waals surface area contributed by atoms with E-state index in [4.69, 9.17) is 10.00 Å². The maximum Gasteiger partial charge on any atom is 0.254 e. The lowest BCUT2D eigenvalue weighted by atomic mass is 9.87. The highest BCUT2D eigenvalue weighted by atomic mass is 19.1. The van der Waals surface area contributed by atoms with Gasteiger partial charge in [-0.15, -0.1) is 0 Å². The van der Waals surface area contributed by atoms with Crippen molar-refractivity contribution in [3.63, 3.8) is 0 Å². The average molecular weight is 487 g/mol. The highest BCUT2D eigenvalue weighted by Crippen LogP contribution is 2.46. The van der Waals surface area contributed by atoms with Crippen LogP contribution in [0.3, 0.4) is 0 Å². The van der Waals surface area contributed by atoms with Gasteiger partial charge in [-0.05, 0) is 55.7 Å². The van der Waals surface area contributed by atoms with E-state index < -0.39 is 11.6 Å². The van der Waals surface area contributed by atoms with Gasteiger partial charge in [-0.25, -0.2) is 14.4 Å². The molecule has 0 aliphatic heterocycles. The van der Waals surface area contributed by atoms with Gasteiger partial charge in [0.1, 0.15) is 18.2 Å². The maximum atomic E-state index is 14.3. The molecule has 9 heteroatoms. The van der Waals surface area contributed by atoms with Crippen molar-refractivity contribution in [2.24, 2.45) is 11.3 Å². The molecule has 0 bridgehead atoms. The van der Waals surface area contributed by atoms with E-state index in [0.29, 0.717) is 18.3 Å². The zero-order valence-corrected chi connectivity index (χ0v) is 19.6. The molecule has 0 N–H and O–H groups in total. The first-order valence-corrected chi connectivity index (χ1v) is 11.9. The van der Waals surface area contributed by atoms with Gasteiger partial charge in [0.25, 0.3) is 5.88 Å². The van der Waals surface area contributed by atoms with Crippen LogP contribution < -0.4 is 4.74 Å². The summed E-state index contributed by atoms with van der Waals surface area (Å²) in [6, 6.07) is 8.34. The first kappa shape index (κ1) is 23.6. The number of halogens is 2. The second-order valence-electron chi connectivity index (χ2n) is 9.49. The van der Waals surface area contributed by atoms with E-state index in [9.17, 15) is 14.0 Å². The lowest BCUT2D eigenvalue weighted by Crippen LogP contribution is -2.16. The predicted octanol–water partition coefficient (Wildman–Crippen LogP) is 5.13. The first-order valence-electron chi connectivity index (χ1n) is 11.9. The van der Waals surface area contributed by atoms with Crippen LogP contribution in [-0.2, 0) is 19.6 Å². The standard InChI is InChI=1S/C27H24F2N6O/c28-22-11-19(13-30)3-6-21(22)15-36-26-23(29)14-33-25(34-26)20-4-1-18(2-5-20)12-24-32-9-10-35(24)17-27(16-31)7-8-27/h3-4,6,9-11,14,18H,1-2,5,7-8,12,15,17H2. The third-order valence-electron chi connectivity index (χ3n) is 6.90. The van der Waals surface area contributed by atoms with Gasteiger partial charge < -0.3 is 9.30 Å². The third kappa shape index (κ3) is 5.11. The fourth-order valence-electron chi connectivity index (χ4n) is 4.48. The summed E-state index contributed by atoms with van der Waals surface area (Å²) in [7, 11) is 0. The van der Waals surface area contributed by atoms with Gasteiger partial charge in [0.15, 0.2) is 5.82 Å². The molecule has 36 heavy (non-hydrogen) atoms. The lowest BCUT2D eigenvalue weighted by molar-refractivity contribution is 0.270. The van der Waals surface area contributed by atoms with E-state index in [1.54, 1.807) is 6.20 Å². The SMILES string of the molecule is N#Cc1ccc(COc2nc(C3=CCC(Cc4nccn4CC4(C#N)CC4)CC3)ncc2F)c(F)c1. The Kier molecular flexibility index (Phi) is 6.47. The minimum Gasteiger partial charge on any atom is -0.471 e. The smallest absolute Gasteiger partial charge is 0.254 e. The van der Waals surface area contributed by atoms with Gasteiger partial charge in [-0.3, -0.25) is 0 Å². The van der Waals surface area contributed by atoms with E-state index in [1.807, 2.05) is 12.3 Å². The van der Waals surface area contributed by atoms with Crippen LogP contribution in [0.15, 0.2) is 42.9 Å². The van der Waals surface area contributed by atoms with Crippen LogP contribution in [0.25, 0.3) is 5.57 Å². The molecule has 1 fully saturated rings. The Morgan fingerprint density at radius 2 is 2.03 bits per heavy atom. The van der Waals surface area contributed by atoms with Crippen LogP contribution >= 0.6 is 0 Å². The van der Waals surface area contributed by atoms with Crippen molar-refractivity contribution in [3.8, 4) is 18.0 Å². The maximum absolute atomic E-state index is 14.3. The van der Waals surface area contributed by atoms with E-state index in [0.717, 1.165) is 62.2 Å². The third-order valence-corrected chi connectivity index (χ3v) is 6.90. The summed E-state index contributed by atoms with van der Waals surface area (Å²) >= 11 is 0. The monoisotopic (exact) mass is 486 g/mol. The average Bonchev–Trinajstić information content (AvgIpc) is 3.55. The highest BCUT2D eigenvalue weighted by molar-refractivity contribution is 5.60. The number of imidazole rings is 1. The summed E-state index contributed by atoms with van der Waals surface area (Å²) in [5, 5.41) is 18.3. The molecule has 2 aliphatic rings. The van der Waals surface area contributed by atoms with Gasteiger partial charge in [-0.2, -0.15) is 19.9 Å². The van der Waals surface area contributed by atoms with E-state index in [2.05, 4.69) is 31.7 Å². The van der Waals surface area contributed by atoms with E-state index in [-0.39, 0.29) is 29.0 Å². The second-order valence-corrected chi connectivity index (χ2v) is 9.49. The normalized spacial score (nSPS) is 18.1. The Labute approximate surface area is 207 Å². The summed E-state index contributed by atoms with van der Waals surface area (Å²) in [5.74, 6) is 0.256. The quantitative estimate of drug-likeness (QED) is 0.437. The predicted molar refractivity (Wildman–Crippen MR) is 126 cm³/mol. The Balaban J connectivity index is 1.22. The molecule has 2 aliphatic carbocycles. The van der Waals surface area contributed by atoms with Gasteiger partial charge >= 0.3 is 0 Å². The van der Waals surface area contributed by atoms with Crippen molar-refractivity contribution >= 4 is 5.57 Å². The van der Waals surface area contributed by atoms with Crippen LogP contribution in [0.1, 0.15) is 54.9 Å². The van der Waals surface area contributed by atoms with Crippen LogP contribution in [0.4, 0.5) is 8.78 Å². The topological polar surface area (TPSA) is 100 Å². The molecule has 0 saturated heterocycles. The van der Waals surface area contributed by atoms with Crippen molar-refractivity contribution in [2.45, 2.75) is 51.7 Å². The minimum absolute atomic E-state index is 0.201. The summed E-state index contributed by atoms with van der Waals surface area (Å²) < 4.78 is 36.0. The van der Waals surface area contributed by atoms with E-state index in [1.165, 1.54) is 12.1 Å². The molecular weight excluding hydrogens is 462 g/mol. The number of nitriles is 2. The molecule has 1 aromatic carbocycles. The summed E-state index contributed by atoms with van der Waals surface area (Å²) in [6.45, 7) is 0.483. The zero-order valence-electron chi connectivity index (χ0n) is 19.6. The van der Waals surface area contributed by atoms with Crippen molar-refractivity contribution in [3.05, 3.63) is 77.3 Å². The van der Waals surface area contributed by atoms with Gasteiger partial charge in [0.2, 0.25) is 5.82 Å². The molecule has 2 aromatic heterocycles. The molecule has 1 atom stereocenters. The van der Waals surface area contributed by atoms with Crippen LogP contribution in [0, 0.1) is 45.6 Å². The van der Waals surface area contributed by atoms with Crippen molar-refractivity contribution in [2.75, 3.05) is 0 Å². The van der Waals surface area contributed by atoms with Crippen LogP contribution in [0.5, 0.6) is 5.88 Å². The number of aromatic nitrogens is 4.